The van der Waals surface area contributed by atoms with Crippen LogP contribution in [-0.4, -0.2) is 22.8 Å². The van der Waals surface area contributed by atoms with E-state index in [0.29, 0.717) is 13.2 Å². The Morgan fingerprint density at radius 2 is 2.16 bits per heavy atom. The Hall–Kier alpha value is -0.910. The van der Waals surface area contributed by atoms with Crippen LogP contribution in [0.1, 0.15) is 25.6 Å². The predicted molar refractivity (Wildman–Crippen MR) is 79.0 cm³/mol. The fraction of sp³-hybridized carbons (Fsp3) is 0.500. The fourth-order valence-corrected chi connectivity index (χ4v) is 3.11. The second kappa shape index (κ2) is 4.89. The monoisotopic (exact) mass is 323 g/mol. The Balaban J connectivity index is 2.17. The van der Waals surface area contributed by atoms with Crippen molar-refractivity contribution in [1.29, 1.82) is 0 Å². The minimum atomic E-state index is -0.361. The van der Waals surface area contributed by atoms with E-state index in [2.05, 4.69) is 33.5 Å². The van der Waals surface area contributed by atoms with E-state index in [-0.39, 0.29) is 5.54 Å². The molecular formula is C14H18BrN3O. The van der Waals surface area contributed by atoms with Gasteiger partial charge in [-0.3, -0.25) is 0 Å². The van der Waals surface area contributed by atoms with Gasteiger partial charge in [-0.2, -0.15) is 0 Å². The molecule has 102 valence electrons. The average Bonchev–Trinajstić information content (AvgIpc) is 2.78. The fourth-order valence-electron chi connectivity index (χ4n) is 2.76. The van der Waals surface area contributed by atoms with Gasteiger partial charge in [0.05, 0.1) is 16.6 Å². The quantitative estimate of drug-likeness (QED) is 0.924. The van der Waals surface area contributed by atoms with E-state index in [4.69, 9.17) is 15.5 Å². The molecule has 1 aromatic carbocycles. The number of ether oxygens (including phenoxy) is 1. The summed E-state index contributed by atoms with van der Waals surface area (Å²) in [5.74, 6) is 0.992. The van der Waals surface area contributed by atoms with Gasteiger partial charge in [0.2, 0.25) is 0 Å². The lowest BCUT2D eigenvalue weighted by atomic mass is 9.90. The lowest BCUT2D eigenvalue weighted by Crippen LogP contribution is -2.44. The molecule has 4 nitrogen and oxygen atoms in total. The number of imidazole rings is 1. The first kappa shape index (κ1) is 13.1. The van der Waals surface area contributed by atoms with Gasteiger partial charge in [-0.05, 0) is 38.0 Å². The van der Waals surface area contributed by atoms with Gasteiger partial charge in [0, 0.05) is 24.2 Å². The summed E-state index contributed by atoms with van der Waals surface area (Å²) in [6.45, 7) is 4.45. The number of hydrogen-bond donors (Lipinski definition) is 1. The van der Waals surface area contributed by atoms with E-state index >= 15 is 0 Å². The van der Waals surface area contributed by atoms with Gasteiger partial charge >= 0.3 is 0 Å². The molecule has 0 atom stereocenters. The zero-order chi connectivity index (χ0) is 13.5. The minimum Gasteiger partial charge on any atom is -0.381 e. The highest BCUT2D eigenvalue weighted by atomic mass is 79.9. The molecule has 0 saturated carbocycles. The van der Waals surface area contributed by atoms with E-state index in [1.54, 1.807) is 0 Å². The molecule has 1 fully saturated rings. The van der Waals surface area contributed by atoms with Gasteiger partial charge in [-0.25, -0.2) is 4.98 Å². The number of benzene rings is 1. The smallest absolute Gasteiger partial charge is 0.130 e. The van der Waals surface area contributed by atoms with E-state index in [0.717, 1.165) is 40.7 Å². The topological polar surface area (TPSA) is 53.1 Å². The highest BCUT2D eigenvalue weighted by Gasteiger charge is 2.34. The predicted octanol–water partition coefficient (Wildman–Crippen LogP) is 2.78. The molecule has 3 rings (SSSR count). The highest BCUT2D eigenvalue weighted by molar-refractivity contribution is 9.10. The first-order valence-corrected chi connectivity index (χ1v) is 7.46. The van der Waals surface area contributed by atoms with Crippen LogP contribution in [0.25, 0.3) is 11.0 Å². The number of fused-ring (bicyclic) bond motifs is 1. The molecule has 1 saturated heterocycles. The van der Waals surface area contributed by atoms with Crippen molar-refractivity contribution < 1.29 is 4.74 Å². The van der Waals surface area contributed by atoms with Crippen LogP contribution in [0.2, 0.25) is 0 Å². The van der Waals surface area contributed by atoms with Crippen LogP contribution >= 0.6 is 15.9 Å². The number of nitrogens with two attached hydrogens (primary N) is 1. The summed E-state index contributed by atoms with van der Waals surface area (Å²) in [7, 11) is 0. The summed E-state index contributed by atoms with van der Waals surface area (Å²) in [6.07, 6.45) is 1.66. The molecule has 5 heteroatoms. The number of rotatable bonds is 2. The van der Waals surface area contributed by atoms with Gasteiger partial charge in [-0.15, -0.1) is 0 Å². The van der Waals surface area contributed by atoms with Crippen molar-refractivity contribution in [1.82, 2.24) is 9.55 Å². The lowest BCUT2D eigenvalue weighted by molar-refractivity contribution is 0.0481. The van der Waals surface area contributed by atoms with Crippen molar-refractivity contribution in [3.05, 3.63) is 28.5 Å². The third-order valence-corrected chi connectivity index (χ3v) is 4.35. The lowest BCUT2D eigenvalue weighted by Gasteiger charge is -2.33. The van der Waals surface area contributed by atoms with E-state index in [9.17, 15) is 0 Å². The molecule has 0 bridgehead atoms. The summed E-state index contributed by atoms with van der Waals surface area (Å²) in [5.41, 5.74) is 8.37. The van der Waals surface area contributed by atoms with Crippen molar-refractivity contribution in [2.24, 2.45) is 5.73 Å². The average molecular weight is 324 g/mol. The Kier molecular flexibility index (Phi) is 3.37. The molecule has 1 aromatic heterocycles. The SMILES string of the molecule is CCn1c(C2(N)CCOCC2)nc2cc(Br)ccc21. The Morgan fingerprint density at radius 1 is 1.42 bits per heavy atom. The molecule has 0 unspecified atom stereocenters. The molecule has 19 heavy (non-hydrogen) atoms. The maximum atomic E-state index is 6.58. The Bertz CT molecular complexity index is 602. The molecule has 2 heterocycles. The summed E-state index contributed by atoms with van der Waals surface area (Å²) < 4.78 is 8.70. The van der Waals surface area contributed by atoms with Crippen LogP contribution in [0.15, 0.2) is 22.7 Å². The van der Waals surface area contributed by atoms with Gasteiger partial charge in [0.25, 0.3) is 0 Å². The first-order valence-electron chi connectivity index (χ1n) is 6.67. The molecule has 0 amide bonds. The molecule has 0 spiro atoms. The van der Waals surface area contributed by atoms with E-state index in [1.807, 2.05) is 12.1 Å². The van der Waals surface area contributed by atoms with Crippen LogP contribution in [0.3, 0.4) is 0 Å². The zero-order valence-corrected chi connectivity index (χ0v) is 12.6. The summed E-state index contributed by atoms with van der Waals surface area (Å²) >= 11 is 3.50. The van der Waals surface area contributed by atoms with Crippen molar-refractivity contribution in [2.45, 2.75) is 31.8 Å². The maximum absolute atomic E-state index is 6.58. The van der Waals surface area contributed by atoms with E-state index < -0.39 is 0 Å². The zero-order valence-electron chi connectivity index (χ0n) is 11.0. The number of aryl methyl sites for hydroxylation is 1. The van der Waals surface area contributed by atoms with Gasteiger partial charge in [-0.1, -0.05) is 15.9 Å². The summed E-state index contributed by atoms with van der Waals surface area (Å²) in [5, 5.41) is 0. The van der Waals surface area contributed by atoms with Gasteiger partial charge in [0.1, 0.15) is 5.82 Å². The van der Waals surface area contributed by atoms with Crippen molar-refractivity contribution in [3.8, 4) is 0 Å². The largest absolute Gasteiger partial charge is 0.381 e. The third kappa shape index (κ3) is 2.20. The first-order chi connectivity index (χ1) is 9.14. The van der Waals surface area contributed by atoms with Crippen LogP contribution in [0, 0.1) is 0 Å². The van der Waals surface area contributed by atoms with Crippen molar-refractivity contribution >= 4 is 27.0 Å². The Labute approximate surface area is 121 Å². The van der Waals surface area contributed by atoms with Crippen molar-refractivity contribution in [2.75, 3.05) is 13.2 Å². The molecule has 0 aliphatic carbocycles. The molecule has 2 aromatic rings. The Morgan fingerprint density at radius 3 is 2.84 bits per heavy atom. The molecule has 1 aliphatic heterocycles. The second-order valence-corrected chi connectivity index (χ2v) is 6.00. The normalized spacial score (nSPS) is 18.9. The molecular weight excluding hydrogens is 306 g/mol. The number of aromatic nitrogens is 2. The molecule has 1 aliphatic rings. The summed E-state index contributed by atoms with van der Waals surface area (Å²) in [6, 6.07) is 6.20. The van der Waals surface area contributed by atoms with Crippen LogP contribution < -0.4 is 5.73 Å². The van der Waals surface area contributed by atoms with E-state index in [1.165, 1.54) is 0 Å². The standard InChI is InChI=1S/C14H18BrN3O/c1-2-18-12-4-3-10(15)9-11(12)17-13(18)14(16)5-7-19-8-6-14/h3-4,9H,2,5-8,16H2,1H3. The van der Waals surface area contributed by atoms with Crippen LogP contribution in [0.5, 0.6) is 0 Å². The van der Waals surface area contributed by atoms with Gasteiger partial charge in [0.15, 0.2) is 0 Å². The van der Waals surface area contributed by atoms with Crippen LogP contribution in [-0.2, 0) is 16.8 Å². The number of hydrogen-bond acceptors (Lipinski definition) is 3. The minimum absolute atomic E-state index is 0.361. The molecule has 2 N–H and O–H groups in total. The molecule has 0 radical (unpaired) electrons. The number of nitrogens with zero attached hydrogens (tertiary/aromatic N) is 2. The number of halogens is 1. The highest BCUT2D eigenvalue weighted by Crippen LogP contribution is 2.32. The third-order valence-electron chi connectivity index (χ3n) is 3.86. The van der Waals surface area contributed by atoms with Gasteiger partial charge < -0.3 is 15.0 Å². The van der Waals surface area contributed by atoms with Crippen LogP contribution in [0.4, 0.5) is 0 Å². The van der Waals surface area contributed by atoms with Crippen molar-refractivity contribution in [3.63, 3.8) is 0 Å². The maximum Gasteiger partial charge on any atom is 0.130 e. The second-order valence-electron chi connectivity index (χ2n) is 5.08. The summed E-state index contributed by atoms with van der Waals surface area (Å²) in [4.78, 5) is 4.79.